The van der Waals surface area contributed by atoms with Crippen LogP contribution in [0.1, 0.15) is 0 Å². The number of nitroso groups, excluding NO2 is 1. The number of phenols is 1. The zero-order valence-corrected chi connectivity index (χ0v) is 12.1. The number of phenolic OH excluding ortho intramolecular Hbond substituents is 1. The number of aromatic nitrogens is 1. The van der Waals surface area contributed by atoms with Gasteiger partial charge in [0.1, 0.15) is 0 Å². The molecule has 0 spiro atoms. The lowest BCUT2D eigenvalue weighted by molar-refractivity contribution is -0.385. The van der Waals surface area contributed by atoms with Crippen LogP contribution in [0.2, 0.25) is 0 Å². The van der Waals surface area contributed by atoms with Crippen LogP contribution in [-0.2, 0) is 0 Å². The van der Waals surface area contributed by atoms with Crippen molar-refractivity contribution in [3.63, 3.8) is 0 Å². The molecule has 24 heavy (non-hydrogen) atoms. The van der Waals surface area contributed by atoms with Crippen molar-refractivity contribution in [1.29, 1.82) is 0 Å². The first kappa shape index (κ1) is 15.2. The molecule has 3 aromatic rings. The number of hydrogen-bond acceptors (Lipinski definition) is 6. The Labute approximate surface area is 135 Å². The summed E-state index contributed by atoms with van der Waals surface area (Å²) < 4.78 is 0. The molecule has 0 bridgehead atoms. The van der Waals surface area contributed by atoms with Gasteiger partial charge in [-0.2, -0.15) is 0 Å². The number of nitro groups is 1. The second-order valence-corrected chi connectivity index (χ2v) is 4.99. The fraction of sp³-hybridized carbons (Fsp3) is 0. The average Bonchev–Trinajstić information content (AvgIpc) is 2.92. The van der Waals surface area contributed by atoms with Gasteiger partial charge in [0.25, 0.3) is 0 Å². The molecule has 1 heterocycles. The number of nitro benzene ring substituents is 1. The standard InChI is InChI=1S/C16H11N3O5/c20-12-7-6-10(8-11(12)19(23)24)13-14(9-4-2-1-3-5-9)16(21)17-15(13)18-22/h1-8,17,20-21H. The molecule has 0 unspecified atom stereocenters. The van der Waals surface area contributed by atoms with E-state index in [1.807, 2.05) is 0 Å². The number of rotatable bonds is 4. The van der Waals surface area contributed by atoms with Gasteiger partial charge >= 0.3 is 5.69 Å². The van der Waals surface area contributed by atoms with Gasteiger partial charge in [-0.15, -0.1) is 4.91 Å². The summed E-state index contributed by atoms with van der Waals surface area (Å²) in [5.41, 5.74) is 0.877. The highest BCUT2D eigenvalue weighted by Gasteiger charge is 2.23. The zero-order chi connectivity index (χ0) is 17.3. The van der Waals surface area contributed by atoms with Crippen LogP contribution in [0.15, 0.2) is 53.7 Å². The summed E-state index contributed by atoms with van der Waals surface area (Å²) in [7, 11) is 0. The zero-order valence-electron chi connectivity index (χ0n) is 12.1. The number of hydrogen-bond donors (Lipinski definition) is 3. The van der Waals surface area contributed by atoms with Gasteiger partial charge < -0.3 is 15.2 Å². The van der Waals surface area contributed by atoms with Gasteiger partial charge in [-0.3, -0.25) is 10.1 Å². The van der Waals surface area contributed by atoms with Gasteiger partial charge in [0.2, 0.25) is 0 Å². The van der Waals surface area contributed by atoms with E-state index in [-0.39, 0.29) is 22.8 Å². The van der Waals surface area contributed by atoms with E-state index in [1.165, 1.54) is 6.07 Å². The Bertz CT molecular complexity index is 934. The Morgan fingerprint density at radius 3 is 2.33 bits per heavy atom. The first-order valence-electron chi connectivity index (χ1n) is 6.84. The van der Waals surface area contributed by atoms with E-state index in [1.54, 1.807) is 30.3 Å². The molecule has 0 aliphatic rings. The summed E-state index contributed by atoms with van der Waals surface area (Å²) in [6.45, 7) is 0. The number of benzene rings is 2. The van der Waals surface area contributed by atoms with E-state index in [2.05, 4.69) is 10.2 Å². The Kier molecular flexibility index (Phi) is 3.70. The molecule has 3 N–H and O–H groups in total. The van der Waals surface area contributed by atoms with E-state index < -0.39 is 16.4 Å². The Morgan fingerprint density at radius 2 is 1.71 bits per heavy atom. The lowest BCUT2D eigenvalue weighted by Gasteiger charge is -2.06. The summed E-state index contributed by atoms with van der Waals surface area (Å²) in [5.74, 6) is -0.932. The quantitative estimate of drug-likeness (QED) is 0.378. The third-order valence-electron chi connectivity index (χ3n) is 3.57. The van der Waals surface area contributed by atoms with Crippen molar-refractivity contribution in [3.8, 4) is 33.9 Å². The molecular formula is C16H11N3O5. The van der Waals surface area contributed by atoms with E-state index >= 15 is 0 Å². The molecule has 8 heteroatoms. The molecule has 0 radical (unpaired) electrons. The lowest BCUT2D eigenvalue weighted by atomic mass is 9.97. The van der Waals surface area contributed by atoms with Crippen LogP contribution in [0.4, 0.5) is 11.5 Å². The number of aromatic amines is 1. The topological polar surface area (TPSA) is 129 Å². The van der Waals surface area contributed by atoms with Gasteiger partial charge in [0, 0.05) is 11.6 Å². The summed E-state index contributed by atoms with van der Waals surface area (Å²) in [6, 6.07) is 12.4. The van der Waals surface area contributed by atoms with Crippen molar-refractivity contribution in [1.82, 2.24) is 4.98 Å². The fourth-order valence-electron chi connectivity index (χ4n) is 2.53. The minimum Gasteiger partial charge on any atom is -0.502 e. The largest absolute Gasteiger partial charge is 0.502 e. The highest BCUT2D eigenvalue weighted by atomic mass is 16.6. The van der Waals surface area contributed by atoms with Crippen molar-refractivity contribution >= 4 is 11.5 Å². The van der Waals surface area contributed by atoms with Gasteiger partial charge in [0.05, 0.1) is 10.5 Å². The summed E-state index contributed by atoms with van der Waals surface area (Å²) in [6.07, 6.45) is 0. The number of nitrogens with zero attached hydrogens (tertiary/aromatic N) is 2. The highest BCUT2D eigenvalue weighted by Crippen LogP contribution is 2.46. The number of nitrogens with one attached hydrogen (secondary N) is 1. The Hall–Kier alpha value is -3.68. The van der Waals surface area contributed by atoms with Gasteiger partial charge in [-0.25, -0.2) is 0 Å². The normalized spacial score (nSPS) is 10.5. The molecule has 0 saturated carbocycles. The van der Waals surface area contributed by atoms with Crippen molar-refractivity contribution in [3.05, 3.63) is 63.6 Å². The molecule has 0 aliphatic carbocycles. The maximum Gasteiger partial charge on any atom is 0.311 e. The second-order valence-electron chi connectivity index (χ2n) is 4.99. The summed E-state index contributed by atoms with van der Waals surface area (Å²) in [4.78, 5) is 23.9. The van der Waals surface area contributed by atoms with Crippen LogP contribution in [0.25, 0.3) is 22.3 Å². The van der Waals surface area contributed by atoms with Gasteiger partial charge in [-0.05, 0) is 22.4 Å². The SMILES string of the molecule is O=Nc1[nH]c(O)c(-c2ccccc2)c1-c1ccc(O)c([N+](=O)[O-])c1. The Balaban J connectivity index is 2.30. The maximum absolute atomic E-state index is 11.1. The van der Waals surface area contributed by atoms with Gasteiger partial charge in [-0.1, -0.05) is 36.4 Å². The molecule has 0 fully saturated rings. The molecule has 8 nitrogen and oxygen atoms in total. The monoisotopic (exact) mass is 325 g/mol. The van der Waals surface area contributed by atoms with Crippen LogP contribution >= 0.6 is 0 Å². The summed E-state index contributed by atoms with van der Waals surface area (Å²) >= 11 is 0. The van der Waals surface area contributed by atoms with Crippen LogP contribution in [0.5, 0.6) is 11.6 Å². The average molecular weight is 325 g/mol. The first-order valence-corrected chi connectivity index (χ1v) is 6.84. The molecule has 0 amide bonds. The van der Waals surface area contributed by atoms with Crippen molar-refractivity contribution < 1.29 is 15.1 Å². The molecular weight excluding hydrogens is 314 g/mol. The molecule has 3 rings (SSSR count). The maximum atomic E-state index is 11.1. The minimum atomic E-state index is -0.735. The smallest absolute Gasteiger partial charge is 0.311 e. The van der Waals surface area contributed by atoms with Crippen molar-refractivity contribution in [2.45, 2.75) is 0 Å². The third kappa shape index (κ3) is 2.45. The van der Waals surface area contributed by atoms with E-state index in [4.69, 9.17) is 0 Å². The number of H-pyrrole nitrogens is 1. The molecule has 2 aromatic carbocycles. The minimum absolute atomic E-state index is 0.161. The van der Waals surface area contributed by atoms with Crippen molar-refractivity contribution in [2.24, 2.45) is 5.18 Å². The van der Waals surface area contributed by atoms with Crippen molar-refractivity contribution in [2.75, 3.05) is 0 Å². The number of aromatic hydroxyl groups is 2. The molecule has 0 aliphatic heterocycles. The van der Waals surface area contributed by atoms with Crippen LogP contribution in [0, 0.1) is 15.0 Å². The third-order valence-corrected chi connectivity index (χ3v) is 3.57. The van der Waals surface area contributed by atoms with E-state index in [0.717, 1.165) is 12.1 Å². The molecule has 0 saturated heterocycles. The highest BCUT2D eigenvalue weighted by molar-refractivity contribution is 5.94. The summed E-state index contributed by atoms with van der Waals surface area (Å²) in [5, 5.41) is 33.6. The first-order chi connectivity index (χ1) is 11.5. The molecule has 120 valence electrons. The van der Waals surface area contributed by atoms with Crippen LogP contribution in [0.3, 0.4) is 0 Å². The predicted molar refractivity (Wildman–Crippen MR) is 87.1 cm³/mol. The lowest BCUT2D eigenvalue weighted by Crippen LogP contribution is -1.90. The van der Waals surface area contributed by atoms with Gasteiger partial charge in [0.15, 0.2) is 17.4 Å². The fourth-order valence-corrected chi connectivity index (χ4v) is 2.53. The van der Waals surface area contributed by atoms with Crippen LogP contribution in [-0.4, -0.2) is 20.1 Å². The second kappa shape index (κ2) is 5.84. The van der Waals surface area contributed by atoms with Crippen LogP contribution < -0.4 is 0 Å². The van der Waals surface area contributed by atoms with E-state index in [0.29, 0.717) is 11.1 Å². The predicted octanol–water partition coefficient (Wildman–Crippen LogP) is 4.07. The molecule has 0 atom stereocenters. The molecule has 1 aromatic heterocycles. The Morgan fingerprint density at radius 1 is 1.00 bits per heavy atom. The van der Waals surface area contributed by atoms with E-state index in [9.17, 15) is 25.2 Å².